The average molecular weight is 396 g/mol. The van der Waals surface area contributed by atoms with Crippen molar-refractivity contribution in [3.8, 4) is 0 Å². The SMILES string of the molecule is NC(=O)c1c(NC(=O)c2cc3ccccc3oc2=O)sc2c1CCCCCC2. The topological polar surface area (TPSA) is 102 Å². The molecule has 2 heterocycles. The molecule has 144 valence electrons. The molecule has 1 aliphatic rings. The number of benzene rings is 1. The number of nitrogens with two attached hydrogens (primary N) is 1. The highest BCUT2D eigenvalue weighted by Gasteiger charge is 2.25. The minimum absolute atomic E-state index is 0.102. The first kappa shape index (κ1) is 18.4. The Kier molecular flexibility index (Phi) is 5.00. The minimum Gasteiger partial charge on any atom is -0.422 e. The normalized spacial score (nSPS) is 14.1. The van der Waals surface area contributed by atoms with E-state index >= 15 is 0 Å². The largest absolute Gasteiger partial charge is 0.422 e. The summed E-state index contributed by atoms with van der Waals surface area (Å²) in [5, 5.41) is 3.80. The van der Waals surface area contributed by atoms with E-state index in [4.69, 9.17) is 10.2 Å². The molecule has 0 saturated heterocycles. The highest BCUT2D eigenvalue weighted by Crippen LogP contribution is 2.37. The molecule has 0 bridgehead atoms. The summed E-state index contributed by atoms with van der Waals surface area (Å²) in [6, 6.07) is 8.49. The van der Waals surface area contributed by atoms with Gasteiger partial charge in [0.1, 0.15) is 16.1 Å². The second-order valence-corrected chi connectivity index (χ2v) is 8.03. The van der Waals surface area contributed by atoms with Crippen molar-refractivity contribution in [2.45, 2.75) is 38.5 Å². The minimum atomic E-state index is -0.716. The fraction of sp³-hybridized carbons (Fsp3) is 0.286. The van der Waals surface area contributed by atoms with Gasteiger partial charge in [0.2, 0.25) is 0 Å². The van der Waals surface area contributed by atoms with Crippen LogP contribution in [0, 0.1) is 0 Å². The van der Waals surface area contributed by atoms with Crippen LogP contribution in [0.15, 0.2) is 39.5 Å². The van der Waals surface area contributed by atoms with Gasteiger partial charge in [-0.15, -0.1) is 11.3 Å². The first-order valence-corrected chi connectivity index (χ1v) is 10.1. The molecule has 0 spiro atoms. The zero-order valence-electron chi connectivity index (χ0n) is 15.2. The van der Waals surface area contributed by atoms with Crippen LogP contribution in [-0.4, -0.2) is 11.8 Å². The molecular formula is C21H20N2O4S. The van der Waals surface area contributed by atoms with E-state index in [0.717, 1.165) is 49.0 Å². The molecule has 28 heavy (non-hydrogen) atoms. The standard InChI is InChI=1S/C21H20N2O4S/c22-18(24)17-13-8-3-1-2-4-10-16(13)28-20(17)23-19(25)14-11-12-7-5-6-9-15(12)27-21(14)26/h5-7,9,11H,1-4,8,10H2,(H2,22,24)(H,23,25). The van der Waals surface area contributed by atoms with Crippen molar-refractivity contribution in [2.24, 2.45) is 5.73 Å². The van der Waals surface area contributed by atoms with Gasteiger partial charge < -0.3 is 15.5 Å². The summed E-state index contributed by atoms with van der Waals surface area (Å²) >= 11 is 1.38. The van der Waals surface area contributed by atoms with E-state index in [1.54, 1.807) is 24.3 Å². The Morgan fingerprint density at radius 3 is 2.61 bits per heavy atom. The third-order valence-electron chi connectivity index (χ3n) is 5.03. The molecule has 1 aromatic carbocycles. The number of hydrogen-bond donors (Lipinski definition) is 2. The number of anilines is 1. The van der Waals surface area contributed by atoms with Gasteiger partial charge in [-0.1, -0.05) is 31.0 Å². The molecular weight excluding hydrogens is 376 g/mol. The first-order chi connectivity index (χ1) is 13.5. The summed E-state index contributed by atoms with van der Waals surface area (Å²) in [6.07, 6.45) is 5.96. The van der Waals surface area contributed by atoms with Gasteiger partial charge in [-0.2, -0.15) is 0 Å². The van der Waals surface area contributed by atoms with Gasteiger partial charge in [0.25, 0.3) is 11.8 Å². The molecule has 4 rings (SSSR count). The zero-order valence-corrected chi connectivity index (χ0v) is 16.1. The lowest BCUT2D eigenvalue weighted by atomic mass is 9.96. The summed E-state index contributed by atoms with van der Waals surface area (Å²) in [6.45, 7) is 0. The Balaban J connectivity index is 1.72. The van der Waals surface area contributed by atoms with Gasteiger partial charge in [-0.05, 0) is 43.4 Å². The second kappa shape index (κ2) is 7.59. The molecule has 0 unspecified atom stereocenters. The van der Waals surface area contributed by atoms with Crippen LogP contribution in [0.25, 0.3) is 11.0 Å². The lowest BCUT2D eigenvalue weighted by molar-refractivity contribution is 0.100. The zero-order chi connectivity index (χ0) is 19.7. The van der Waals surface area contributed by atoms with Crippen LogP contribution in [0.3, 0.4) is 0 Å². The molecule has 3 N–H and O–H groups in total. The number of hydrogen-bond acceptors (Lipinski definition) is 5. The number of thiophene rings is 1. The third kappa shape index (κ3) is 3.45. The molecule has 0 aliphatic heterocycles. The molecule has 1 aliphatic carbocycles. The van der Waals surface area contributed by atoms with Crippen LogP contribution in [0.4, 0.5) is 5.00 Å². The van der Waals surface area contributed by atoms with Crippen molar-refractivity contribution in [1.29, 1.82) is 0 Å². The van der Waals surface area contributed by atoms with Crippen LogP contribution in [-0.2, 0) is 12.8 Å². The Labute approximate surface area is 165 Å². The summed E-state index contributed by atoms with van der Waals surface area (Å²) in [5.41, 5.74) is 6.55. The van der Waals surface area contributed by atoms with E-state index in [1.165, 1.54) is 17.4 Å². The quantitative estimate of drug-likeness (QED) is 0.656. The number of amides is 2. The number of para-hydroxylation sites is 1. The summed E-state index contributed by atoms with van der Waals surface area (Å²) in [4.78, 5) is 38.2. The van der Waals surface area contributed by atoms with E-state index in [0.29, 0.717) is 21.5 Å². The van der Waals surface area contributed by atoms with Crippen molar-refractivity contribution in [1.82, 2.24) is 0 Å². The molecule has 2 amide bonds. The maximum atomic E-state index is 12.8. The number of fused-ring (bicyclic) bond motifs is 2. The Hall–Kier alpha value is -2.93. The van der Waals surface area contributed by atoms with E-state index in [2.05, 4.69) is 5.32 Å². The van der Waals surface area contributed by atoms with Crippen molar-refractivity contribution in [2.75, 3.05) is 5.32 Å². The Bertz CT molecular complexity index is 1130. The third-order valence-corrected chi connectivity index (χ3v) is 6.24. The van der Waals surface area contributed by atoms with Gasteiger partial charge >= 0.3 is 5.63 Å². The summed E-state index contributed by atoms with van der Waals surface area (Å²) in [5.74, 6) is -1.16. The number of aryl methyl sites for hydroxylation is 1. The predicted molar refractivity (Wildman–Crippen MR) is 109 cm³/mol. The van der Waals surface area contributed by atoms with Gasteiger partial charge in [0.15, 0.2) is 0 Å². The number of carbonyl (C=O) groups excluding carboxylic acids is 2. The number of primary amides is 1. The molecule has 7 heteroatoms. The van der Waals surface area contributed by atoms with E-state index in [-0.39, 0.29) is 5.56 Å². The number of nitrogens with one attached hydrogen (secondary N) is 1. The molecule has 0 radical (unpaired) electrons. The number of carbonyl (C=O) groups is 2. The lowest BCUT2D eigenvalue weighted by Crippen LogP contribution is -2.22. The van der Waals surface area contributed by atoms with Crippen LogP contribution in [0.1, 0.15) is 56.8 Å². The average Bonchev–Trinajstić information content (AvgIpc) is 2.97. The van der Waals surface area contributed by atoms with E-state index in [9.17, 15) is 14.4 Å². The molecule has 0 fully saturated rings. The monoisotopic (exact) mass is 396 g/mol. The summed E-state index contributed by atoms with van der Waals surface area (Å²) < 4.78 is 5.24. The van der Waals surface area contributed by atoms with Crippen molar-refractivity contribution in [3.63, 3.8) is 0 Å². The number of rotatable bonds is 3. The fourth-order valence-electron chi connectivity index (χ4n) is 3.66. The molecule has 6 nitrogen and oxygen atoms in total. The van der Waals surface area contributed by atoms with Gasteiger partial charge in [-0.3, -0.25) is 9.59 Å². The molecule has 3 aromatic rings. The van der Waals surface area contributed by atoms with Crippen LogP contribution >= 0.6 is 11.3 Å². The fourth-order valence-corrected chi connectivity index (χ4v) is 4.95. The highest BCUT2D eigenvalue weighted by atomic mass is 32.1. The lowest BCUT2D eigenvalue weighted by Gasteiger charge is -2.10. The molecule has 0 atom stereocenters. The highest BCUT2D eigenvalue weighted by molar-refractivity contribution is 7.17. The Morgan fingerprint density at radius 2 is 1.82 bits per heavy atom. The van der Waals surface area contributed by atoms with Crippen molar-refractivity contribution < 1.29 is 14.0 Å². The Morgan fingerprint density at radius 1 is 1.07 bits per heavy atom. The second-order valence-electron chi connectivity index (χ2n) is 6.93. The molecule has 0 saturated carbocycles. The predicted octanol–water partition coefficient (Wildman–Crippen LogP) is 3.86. The maximum absolute atomic E-state index is 12.8. The van der Waals surface area contributed by atoms with E-state index < -0.39 is 17.4 Å². The van der Waals surface area contributed by atoms with Crippen LogP contribution in [0.2, 0.25) is 0 Å². The summed E-state index contributed by atoms with van der Waals surface area (Å²) in [7, 11) is 0. The van der Waals surface area contributed by atoms with Crippen molar-refractivity contribution in [3.05, 3.63) is 62.3 Å². The van der Waals surface area contributed by atoms with Crippen LogP contribution < -0.4 is 16.7 Å². The van der Waals surface area contributed by atoms with Gasteiger partial charge in [0.05, 0.1) is 5.56 Å². The van der Waals surface area contributed by atoms with E-state index in [1.807, 2.05) is 0 Å². The van der Waals surface area contributed by atoms with Crippen molar-refractivity contribution >= 4 is 39.1 Å². The maximum Gasteiger partial charge on any atom is 0.349 e. The van der Waals surface area contributed by atoms with Gasteiger partial charge in [-0.25, -0.2) is 4.79 Å². The molecule has 2 aromatic heterocycles. The van der Waals surface area contributed by atoms with Gasteiger partial charge in [0, 0.05) is 10.3 Å². The first-order valence-electron chi connectivity index (χ1n) is 9.33. The van der Waals surface area contributed by atoms with Crippen LogP contribution in [0.5, 0.6) is 0 Å². The smallest absolute Gasteiger partial charge is 0.349 e.